The standard InChI is InChI=1S/C23H21ClFNO3/c24-19-3-1-2-18(12-19)22(27)14-26-11-10-15-4-6-16(7-5-15)17-8-9-20(23(28)29)21(25)13-17/h1-9,12-13,22,26-27H,10-11,14H2,(H,28,29)/t22-/m0/s1. The van der Waals surface area contributed by atoms with E-state index in [1.165, 1.54) is 12.1 Å². The first kappa shape index (κ1) is 21.0. The highest BCUT2D eigenvalue weighted by Gasteiger charge is 2.11. The molecular weight excluding hydrogens is 393 g/mol. The largest absolute Gasteiger partial charge is 0.478 e. The summed E-state index contributed by atoms with van der Waals surface area (Å²) >= 11 is 5.94. The number of carboxylic acid groups (broad SMARTS) is 1. The van der Waals surface area contributed by atoms with E-state index in [2.05, 4.69) is 5.32 Å². The average molecular weight is 414 g/mol. The smallest absolute Gasteiger partial charge is 0.338 e. The van der Waals surface area contributed by atoms with Crippen molar-refractivity contribution in [1.82, 2.24) is 5.32 Å². The van der Waals surface area contributed by atoms with E-state index in [9.17, 15) is 14.3 Å². The summed E-state index contributed by atoms with van der Waals surface area (Å²) in [5, 5.41) is 22.9. The number of aliphatic hydroxyl groups is 1. The monoisotopic (exact) mass is 413 g/mol. The van der Waals surface area contributed by atoms with E-state index in [-0.39, 0.29) is 5.56 Å². The Labute approximate surface area is 173 Å². The van der Waals surface area contributed by atoms with Crippen molar-refractivity contribution in [3.8, 4) is 11.1 Å². The fraction of sp³-hybridized carbons (Fsp3) is 0.174. The zero-order valence-corrected chi connectivity index (χ0v) is 16.4. The van der Waals surface area contributed by atoms with Gasteiger partial charge in [0.25, 0.3) is 0 Å². The van der Waals surface area contributed by atoms with Crippen LogP contribution in [0.15, 0.2) is 66.7 Å². The van der Waals surface area contributed by atoms with Crippen LogP contribution in [0, 0.1) is 5.82 Å². The van der Waals surface area contributed by atoms with Gasteiger partial charge in [0.05, 0.1) is 11.7 Å². The number of carbonyl (C=O) groups is 1. The van der Waals surface area contributed by atoms with Crippen molar-refractivity contribution in [1.29, 1.82) is 0 Å². The molecule has 29 heavy (non-hydrogen) atoms. The highest BCUT2D eigenvalue weighted by molar-refractivity contribution is 6.30. The van der Waals surface area contributed by atoms with Gasteiger partial charge in [-0.05, 0) is 59.5 Å². The Morgan fingerprint density at radius 2 is 1.76 bits per heavy atom. The van der Waals surface area contributed by atoms with Crippen LogP contribution in [0.25, 0.3) is 11.1 Å². The van der Waals surface area contributed by atoms with Gasteiger partial charge >= 0.3 is 5.97 Å². The third-order valence-electron chi connectivity index (χ3n) is 4.65. The first-order chi connectivity index (χ1) is 13.9. The van der Waals surface area contributed by atoms with Crippen molar-refractivity contribution < 1.29 is 19.4 Å². The molecule has 0 fully saturated rings. The molecular formula is C23H21ClFNO3. The summed E-state index contributed by atoms with van der Waals surface area (Å²) < 4.78 is 13.9. The lowest BCUT2D eigenvalue weighted by molar-refractivity contribution is 0.0692. The van der Waals surface area contributed by atoms with Gasteiger partial charge in [0.2, 0.25) is 0 Å². The third kappa shape index (κ3) is 5.64. The normalized spacial score (nSPS) is 12.0. The number of aliphatic hydroxyl groups excluding tert-OH is 1. The molecule has 0 aliphatic heterocycles. The lowest BCUT2D eigenvalue weighted by atomic mass is 10.0. The molecule has 3 aromatic carbocycles. The molecule has 0 bridgehead atoms. The second kappa shape index (κ2) is 9.65. The molecule has 0 radical (unpaired) electrons. The number of aromatic carboxylic acids is 1. The highest BCUT2D eigenvalue weighted by Crippen LogP contribution is 2.23. The third-order valence-corrected chi connectivity index (χ3v) is 4.88. The summed E-state index contributed by atoms with van der Waals surface area (Å²) in [6, 6.07) is 18.9. The Morgan fingerprint density at radius 3 is 2.41 bits per heavy atom. The van der Waals surface area contributed by atoms with Crippen LogP contribution in [0.4, 0.5) is 4.39 Å². The number of hydrogen-bond donors (Lipinski definition) is 3. The number of nitrogens with one attached hydrogen (secondary N) is 1. The molecule has 0 aromatic heterocycles. The molecule has 3 N–H and O–H groups in total. The summed E-state index contributed by atoms with van der Waals surface area (Å²) in [6.07, 6.45) is 0.147. The van der Waals surface area contributed by atoms with Crippen LogP contribution in [0.5, 0.6) is 0 Å². The van der Waals surface area contributed by atoms with E-state index in [0.717, 1.165) is 23.1 Å². The number of carboxylic acids is 1. The van der Waals surface area contributed by atoms with Crippen molar-refractivity contribution in [2.45, 2.75) is 12.5 Å². The fourth-order valence-electron chi connectivity index (χ4n) is 3.04. The predicted molar refractivity (Wildman–Crippen MR) is 112 cm³/mol. The predicted octanol–water partition coefficient (Wildman–Crippen LogP) is 4.71. The molecule has 0 spiro atoms. The van der Waals surface area contributed by atoms with Gasteiger partial charge in [-0.15, -0.1) is 0 Å². The van der Waals surface area contributed by atoms with Crippen molar-refractivity contribution in [2.75, 3.05) is 13.1 Å². The highest BCUT2D eigenvalue weighted by atomic mass is 35.5. The van der Waals surface area contributed by atoms with Gasteiger partial charge in [-0.25, -0.2) is 9.18 Å². The van der Waals surface area contributed by atoms with Crippen LogP contribution in [-0.4, -0.2) is 29.3 Å². The van der Waals surface area contributed by atoms with Crippen LogP contribution in [-0.2, 0) is 6.42 Å². The second-order valence-electron chi connectivity index (χ2n) is 6.72. The molecule has 0 aliphatic rings. The molecule has 0 saturated carbocycles. The Morgan fingerprint density at radius 1 is 1.03 bits per heavy atom. The lowest BCUT2D eigenvalue weighted by Crippen LogP contribution is -2.23. The summed E-state index contributed by atoms with van der Waals surface area (Å²) in [5.41, 5.74) is 2.98. The Kier molecular flexibility index (Phi) is 6.99. The van der Waals surface area contributed by atoms with Crippen LogP contribution in [0.2, 0.25) is 5.02 Å². The molecule has 0 amide bonds. The second-order valence-corrected chi connectivity index (χ2v) is 7.16. The van der Waals surface area contributed by atoms with Crippen molar-refractivity contribution in [3.63, 3.8) is 0 Å². The van der Waals surface area contributed by atoms with Crippen molar-refractivity contribution in [3.05, 3.63) is 94.3 Å². The zero-order valence-electron chi connectivity index (χ0n) is 15.6. The van der Waals surface area contributed by atoms with Crippen LogP contribution < -0.4 is 5.32 Å². The van der Waals surface area contributed by atoms with E-state index >= 15 is 0 Å². The SMILES string of the molecule is O=C(O)c1ccc(-c2ccc(CCNC[C@H](O)c3cccc(Cl)c3)cc2)cc1F. The number of hydrogen-bond acceptors (Lipinski definition) is 3. The minimum atomic E-state index is -1.28. The Hall–Kier alpha value is -2.73. The molecule has 3 aromatic rings. The first-order valence-corrected chi connectivity index (χ1v) is 9.58. The van der Waals surface area contributed by atoms with Crippen molar-refractivity contribution in [2.24, 2.45) is 0 Å². The Bertz CT molecular complexity index is 992. The molecule has 3 rings (SSSR count). The molecule has 0 saturated heterocycles. The molecule has 4 nitrogen and oxygen atoms in total. The average Bonchev–Trinajstić information content (AvgIpc) is 2.71. The minimum Gasteiger partial charge on any atom is -0.478 e. The maximum absolute atomic E-state index is 13.9. The minimum absolute atomic E-state index is 0.337. The van der Waals surface area contributed by atoms with Gasteiger partial charge < -0.3 is 15.5 Å². The summed E-state index contributed by atoms with van der Waals surface area (Å²) in [4.78, 5) is 10.9. The van der Waals surface area contributed by atoms with E-state index < -0.39 is 17.9 Å². The molecule has 150 valence electrons. The lowest BCUT2D eigenvalue weighted by Gasteiger charge is -2.12. The molecule has 0 aliphatic carbocycles. The Balaban J connectivity index is 1.52. The summed E-state index contributed by atoms with van der Waals surface area (Å²) in [6.45, 7) is 1.12. The zero-order chi connectivity index (χ0) is 20.8. The maximum atomic E-state index is 13.9. The quantitative estimate of drug-likeness (QED) is 0.468. The van der Waals surface area contributed by atoms with Gasteiger partial charge in [0.15, 0.2) is 0 Å². The van der Waals surface area contributed by atoms with E-state index in [1.54, 1.807) is 18.2 Å². The number of benzene rings is 3. The fourth-order valence-corrected chi connectivity index (χ4v) is 3.23. The van der Waals surface area contributed by atoms with Crippen LogP contribution in [0.3, 0.4) is 0 Å². The molecule has 1 atom stereocenters. The molecule has 0 heterocycles. The van der Waals surface area contributed by atoms with Gasteiger partial charge in [0.1, 0.15) is 5.82 Å². The van der Waals surface area contributed by atoms with E-state index in [1.807, 2.05) is 36.4 Å². The molecule has 6 heteroatoms. The van der Waals surface area contributed by atoms with Crippen molar-refractivity contribution >= 4 is 17.6 Å². The van der Waals surface area contributed by atoms with Gasteiger partial charge in [-0.2, -0.15) is 0 Å². The van der Waals surface area contributed by atoms with Gasteiger partial charge in [-0.1, -0.05) is 54.1 Å². The number of halogens is 2. The van der Waals surface area contributed by atoms with Gasteiger partial charge in [-0.3, -0.25) is 0 Å². The maximum Gasteiger partial charge on any atom is 0.338 e. The van der Waals surface area contributed by atoms with Gasteiger partial charge in [0, 0.05) is 11.6 Å². The van der Waals surface area contributed by atoms with Crippen LogP contribution >= 0.6 is 11.6 Å². The van der Waals surface area contributed by atoms with E-state index in [4.69, 9.17) is 16.7 Å². The van der Waals surface area contributed by atoms with E-state index in [0.29, 0.717) is 23.7 Å². The molecule has 0 unspecified atom stereocenters. The first-order valence-electron chi connectivity index (χ1n) is 9.20. The summed E-state index contributed by atoms with van der Waals surface area (Å²) in [7, 11) is 0. The summed E-state index contributed by atoms with van der Waals surface area (Å²) in [5.74, 6) is -2.03. The number of rotatable bonds is 8. The topological polar surface area (TPSA) is 69.6 Å². The van der Waals surface area contributed by atoms with Crippen LogP contribution in [0.1, 0.15) is 27.6 Å².